The van der Waals surface area contributed by atoms with Gasteiger partial charge in [0.25, 0.3) is 0 Å². The Morgan fingerprint density at radius 2 is 1.71 bits per heavy atom. The molecule has 0 saturated heterocycles. The highest BCUT2D eigenvalue weighted by molar-refractivity contribution is 5.94. The number of rotatable bonds is 5. The van der Waals surface area contributed by atoms with E-state index in [2.05, 4.69) is 62.4 Å². The van der Waals surface area contributed by atoms with Crippen LogP contribution in [-0.4, -0.2) is 5.78 Å². The average molecular weight is 320 g/mol. The highest BCUT2D eigenvalue weighted by Gasteiger charge is 2.43. The fourth-order valence-electron chi connectivity index (χ4n) is 4.26. The van der Waals surface area contributed by atoms with Gasteiger partial charge in [-0.25, -0.2) is 0 Å². The van der Waals surface area contributed by atoms with Gasteiger partial charge in [-0.15, -0.1) is 0 Å². The molecule has 1 nitrogen and oxygen atoms in total. The number of benzene rings is 2. The van der Waals surface area contributed by atoms with Crippen LogP contribution in [0, 0.1) is 5.41 Å². The molecule has 0 unspecified atom stereocenters. The monoisotopic (exact) mass is 320 g/mol. The van der Waals surface area contributed by atoms with Gasteiger partial charge in [-0.2, -0.15) is 0 Å². The largest absolute Gasteiger partial charge is 0.298 e. The van der Waals surface area contributed by atoms with E-state index in [0.29, 0.717) is 5.78 Å². The first-order valence-electron chi connectivity index (χ1n) is 9.39. The van der Waals surface area contributed by atoms with Crippen LogP contribution < -0.4 is 0 Å². The lowest BCUT2D eigenvalue weighted by atomic mass is 9.69. The van der Waals surface area contributed by atoms with Gasteiger partial charge in [-0.05, 0) is 42.4 Å². The molecule has 0 radical (unpaired) electrons. The van der Waals surface area contributed by atoms with Gasteiger partial charge in [0.05, 0.1) is 5.92 Å². The van der Waals surface area contributed by atoms with Crippen molar-refractivity contribution in [3.8, 4) is 0 Å². The van der Waals surface area contributed by atoms with Crippen LogP contribution in [0.5, 0.6) is 0 Å². The van der Waals surface area contributed by atoms with Crippen molar-refractivity contribution in [1.82, 2.24) is 0 Å². The first-order valence-corrected chi connectivity index (χ1v) is 9.39. The smallest absolute Gasteiger partial charge is 0.150 e. The summed E-state index contributed by atoms with van der Waals surface area (Å²) in [4.78, 5) is 13.8. The minimum atomic E-state index is -0.171. The SMILES string of the molecule is CCCC[C@]1(CC)CCc2ccccc2[C@@H](c2ccccc2)C1=O. The van der Waals surface area contributed by atoms with Crippen molar-refractivity contribution in [1.29, 1.82) is 0 Å². The van der Waals surface area contributed by atoms with Crippen LogP contribution in [-0.2, 0) is 11.2 Å². The number of carbonyl (C=O) groups excluding carboxylic acids is 1. The van der Waals surface area contributed by atoms with E-state index in [1.807, 2.05) is 6.07 Å². The number of hydrogen-bond acceptors (Lipinski definition) is 1. The van der Waals surface area contributed by atoms with Crippen LogP contribution in [0.4, 0.5) is 0 Å². The molecule has 1 heteroatoms. The molecule has 0 aliphatic heterocycles. The molecule has 3 rings (SSSR count). The van der Waals surface area contributed by atoms with E-state index in [1.165, 1.54) is 11.1 Å². The third kappa shape index (κ3) is 3.05. The maximum atomic E-state index is 13.8. The fraction of sp³-hybridized carbons (Fsp3) is 0.435. The second-order valence-electron chi connectivity index (χ2n) is 7.14. The summed E-state index contributed by atoms with van der Waals surface area (Å²) < 4.78 is 0. The van der Waals surface area contributed by atoms with Crippen molar-refractivity contribution in [2.24, 2.45) is 5.41 Å². The Kier molecular flexibility index (Phi) is 5.18. The minimum absolute atomic E-state index is 0.110. The third-order valence-corrected chi connectivity index (χ3v) is 5.84. The molecule has 2 aromatic carbocycles. The molecule has 0 spiro atoms. The molecule has 0 N–H and O–H groups in total. The lowest BCUT2D eigenvalue weighted by molar-refractivity contribution is -0.130. The number of unbranched alkanes of at least 4 members (excludes halogenated alkanes) is 1. The number of hydrogen-bond donors (Lipinski definition) is 0. The number of carbonyl (C=O) groups is 1. The number of ketones is 1. The van der Waals surface area contributed by atoms with Crippen molar-refractivity contribution < 1.29 is 4.79 Å². The summed E-state index contributed by atoms with van der Waals surface area (Å²) in [5.41, 5.74) is 3.55. The Bertz CT molecular complexity index is 688. The van der Waals surface area contributed by atoms with Crippen molar-refractivity contribution >= 4 is 5.78 Å². The molecule has 0 saturated carbocycles. The van der Waals surface area contributed by atoms with Gasteiger partial charge in [-0.3, -0.25) is 4.79 Å². The molecular weight excluding hydrogens is 292 g/mol. The molecule has 0 aromatic heterocycles. The molecule has 2 atom stereocenters. The van der Waals surface area contributed by atoms with Gasteiger partial charge in [0.1, 0.15) is 0 Å². The summed E-state index contributed by atoms with van der Waals surface area (Å²) in [5.74, 6) is 0.330. The highest BCUT2D eigenvalue weighted by Crippen LogP contribution is 2.45. The van der Waals surface area contributed by atoms with Crippen molar-refractivity contribution in [3.05, 3.63) is 71.3 Å². The molecule has 24 heavy (non-hydrogen) atoms. The number of aryl methyl sites for hydroxylation is 1. The lowest BCUT2D eigenvalue weighted by Crippen LogP contribution is -2.34. The van der Waals surface area contributed by atoms with Crippen molar-refractivity contribution in [3.63, 3.8) is 0 Å². The standard InChI is InChI=1S/C23H28O/c1-3-5-16-23(4-2)17-15-18-11-9-10-14-20(18)21(22(23)24)19-12-7-6-8-13-19/h6-14,21H,3-5,15-17H2,1-2H3/t21-,23-/m1/s1. The van der Waals surface area contributed by atoms with Crippen LogP contribution in [0.1, 0.15) is 68.6 Å². The van der Waals surface area contributed by atoms with Gasteiger partial charge in [0.15, 0.2) is 5.78 Å². The van der Waals surface area contributed by atoms with Crippen LogP contribution in [0.3, 0.4) is 0 Å². The molecule has 0 heterocycles. The van der Waals surface area contributed by atoms with E-state index < -0.39 is 0 Å². The number of Topliss-reactive ketones (excluding diaryl/α,β-unsaturated/α-hetero) is 1. The normalized spacial score (nSPS) is 23.6. The van der Waals surface area contributed by atoms with Gasteiger partial charge in [-0.1, -0.05) is 81.3 Å². The lowest BCUT2D eigenvalue weighted by Gasteiger charge is -2.33. The Hall–Kier alpha value is -1.89. The molecule has 2 aromatic rings. The summed E-state index contributed by atoms with van der Waals surface area (Å²) in [7, 11) is 0. The van der Waals surface area contributed by atoms with Gasteiger partial charge in [0.2, 0.25) is 0 Å². The highest BCUT2D eigenvalue weighted by atomic mass is 16.1. The van der Waals surface area contributed by atoms with Crippen LogP contribution in [0.25, 0.3) is 0 Å². The fourth-order valence-corrected chi connectivity index (χ4v) is 4.26. The maximum Gasteiger partial charge on any atom is 0.150 e. The zero-order valence-electron chi connectivity index (χ0n) is 14.9. The predicted octanol–water partition coefficient (Wildman–Crippen LogP) is 5.92. The van der Waals surface area contributed by atoms with E-state index in [9.17, 15) is 4.79 Å². The van der Waals surface area contributed by atoms with Crippen LogP contribution in [0.15, 0.2) is 54.6 Å². The van der Waals surface area contributed by atoms with Crippen LogP contribution in [0.2, 0.25) is 0 Å². The van der Waals surface area contributed by atoms with Crippen LogP contribution >= 0.6 is 0 Å². The zero-order chi connectivity index (χ0) is 17.0. The van der Waals surface area contributed by atoms with E-state index in [4.69, 9.17) is 0 Å². The molecule has 1 aliphatic carbocycles. The van der Waals surface area contributed by atoms with E-state index in [-0.39, 0.29) is 11.3 Å². The van der Waals surface area contributed by atoms with Gasteiger partial charge < -0.3 is 0 Å². The van der Waals surface area contributed by atoms with Crippen molar-refractivity contribution in [2.75, 3.05) is 0 Å². The molecule has 0 fully saturated rings. The Labute approximate surface area is 146 Å². The summed E-state index contributed by atoms with van der Waals surface area (Å²) in [6.45, 7) is 4.42. The van der Waals surface area contributed by atoms with E-state index >= 15 is 0 Å². The average Bonchev–Trinajstić information content (AvgIpc) is 2.76. The summed E-state index contributed by atoms with van der Waals surface area (Å²) in [5, 5.41) is 0. The Balaban J connectivity index is 2.11. The Morgan fingerprint density at radius 1 is 1.00 bits per heavy atom. The number of fused-ring (bicyclic) bond motifs is 1. The van der Waals surface area contributed by atoms with Gasteiger partial charge in [0, 0.05) is 5.41 Å². The van der Waals surface area contributed by atoms with Gasteiger partial charge >= 0.3 is 0 Å². The van der Waals surface area contributed by atoms with Crippen molar-refractivity contribution in [2.45, 2.75) is 58.3 Å². The second kappa shape index (κ2) is 7.34. The Morgan fingerprint density at radius 3 is 2.42 bits per heavy atom. The third-order valence-electron chi connectivity index (χ3n) is 5.84. The minimum Gasteiger partial charge on any atom is -0.298 e. The summed E-state index contributed by atoms with van der Waals surface area (Å²) in [6, 6.07) is 18.9. The zero-order valence-corrected chi connectivity index (χ0v) is 14.9. The second-order valence-corrected chi connectivity index (χ2v) is 7.14. The summed E-state index contributed by atoms with van der Waals surface area (Å²) in [6.07, 6.45) is 6.26. The topological polar surface area (TPSA) is 17.1 Å². The molecule has 126 valence electrons. The molecule has 1 aliphatic rings. The van der Waals surface area contributed by atoms with E-state index in [0.717, 1.165) is 44.1 Å². The molecule has 0 amide bonds. The quantitative estimate of drug-likeness (QED) is 0.625. The van der Waals surface area contributed by atoms with E-state index in [1.54, 1.807) is 0 Å². The molecular formula is C23H28O. The first kappa shape index (κ1) is 17.0. The predicted molar refractivity (Wildman–Crippen MR) is 100 cm³/mol. The first-order chi connectivity index (χ1) is 11.7. The summed E-state index contributed by atoms with van der Waals surface area (Å²) >= 11 is 0. The molecule has 0 bridgehead atoms. The maximum absolute atomic E-state index is 13.8.